The van der Waals surface area contributed by atoms with Gasteiger partial charge in [-0.3, -0.25) is 14.9 Å². The molecule has 1 unspecified atom stereocenters. The third-order valence-electron chi connectivity index (χ3n) is 9.43. The summed E-state index contributed by atoms with van der Waals surface area (Å²) in [6.07, 6.45) is 4.86. The normalized spacial score (nSPS) is 21.4. The first-order valence-electron chi connectivity index (χ1n) is 15.8. The predicted octanol–water partition coefficient (Wildman–Crippen LogP) is 6.37. The molecule has 1 saturated carbocycles. The highest BCUT2D eigenvalue weighted by atomic mass is 35.5. The first kappa shape index (κ1) is 30.9. The molecule has 1 aromatic heterocycles. The quantitative estimate of drug-likeness (QED) is 0.203. The van der Waals surface area contributed by atoms with Gasteiger partial charge in [-0.15, -0.1) is 0 Å². The van der Waals surface area contributed by atoms with Crippen LogP contribution in [-0.2, 0) is 16.1 Å². The number of amides is 2. The molecule has 0 radical (unpaired) electrons. The average Bonchev–Trinajstić information content (AvgIpc) is 3.70. The van der Waals surface area contributed by atoms with Crippen LogP contribution in [0.15, 0.2) is 103 Å². The van der Waals surface area contributed by atoms with Gasteiger partial charge in [-0.25, -0.2) is 0 Å². The van der Waals surface area contributed by atoms with Crippen molar-refractivity contribution < 1.29 is 9.59 Å². The van der Waals surface area contributed by atoms with E-state index in [1.165, 1.54) is 22.5 Å². The molecule has 2 N–H and O–H groups in total. The summed E-state index contributed by atoms with van der Waals surface area (Å²) in [5.74, 6) is 0.245. The Labute approximate surface area is 271 Å². The highest BCUT2D eigenvalue weighted by molar-refractivity contribution is 6.30. The van der Waals surface area contributed by atoms with E-state index in [1.54, 1.807) is 24.3 Å². The van der Waals surface area contributed by atoms with Gasteiger partial charge in [0.05, 0.1) is 0 Å². The van der Waals surface area contributed by atoms with Crippen LogP contribution in [0.2, 0.25) is 5.02 Å². The van der Waals surface area contributed by atoms with E-state index in [2.05, 4.69) is 94.6 Å². The zero-order chi connectivity index (χ0) is 31.4. The van der Waals surface area contributed by atoms with Gasteiger partial charge in [-0.2, -0.15) is 0 Å². The topological polar surface area (TPSA) is 66.4 Å². The fourth-order valence-electron chi connectivity index (χ4n) is 6.74. The smallest absolute Gasteiger partial charge is 0.244 e. The third kappa shape index (κ3) is 7.08. The molecule has 2 aliphatic rings. The number of hydrogen-bond acceptors (Lipinski definition) is 3. The van der Waals surface area contributed by atoms with E-state index in [-0.39, 0.29) is 29.7 Å². The summed E-state index contributed by atoms with van der Waals surface area (Å²) < 4.78 is 2.32. The van der Waals surface area contributed by atoms with Gasteiger partial charge >= 0.3 is 0 Å². The van der Waals surface area contributed by atoms with Crippen molar-refractivity contribution in [2.24, 2.45) is 5.92 Å². The molecule has 45 heavy (non-hydrogen) atoms. The van der Waals surface area contributed by atoms with Gasteiger partial charge in [0.15, 0.2) is 0 Å². The largest absolute Gasteiger partial charge is 0.351 e. The fourth-order valence-corrected chi connectivity index (χ4v) is 6.87. The van der Waals surface area contributed by atoms with Crippen LogP contribution in [0.1, 0.15) is 46.8 Å². The molecule has 2 amide bonds. The van der Waals surface area contributed by atoms with E-state index >= 15 is 0 Å². The van der Waals surface area contributed by atoms with Crippen LogP contribution < -0.4 is 10.6 Å². The molecule has 1 aliphatic carbocycles. The van der Waals surface area contributed by atoms with Crippen LogP contribution in [0.5, 0.6) is 0 Å². The van der Waals surface area contributed by atoms with Crippen molar-refractivity contribution in [3.8, 4) is 0 Å². The molecule has 6 rings (SSSR count). The van der Waals surface area contributed by atoms with Crippen molar-refractivity contribution in [2.45, 2.75) is 50.7 Å². The Morgan fingerprint density at radius 2 is 1.58 bits per heavy atom. The van der Waals surface area contributed by atoms with E-state index < -0.39 is 5.54 Å². The van der Waals surface area contributed by atoms with Gasteiger partial charge in [0.1, 0.15) is 5.54 Å². The lowest BCUT2D eigenvalue weighted by molar-refractivity contribution is -0.134. The molecule has 6 nitrogen and oxygen atoms in total. The second-order valence-electron chi connectivity index (χ2n) is 12.5. The molecule has 2 fully saturated rings. The van der Waals surface area contributed by atoms with E-state index in [0.29, 0.717) is 24.7 Å². The number of aromatic nitrogens is 1. The minimum absolute atomic E-state index is 0.0319. The van der Waals surface area contributed by atoms with E-state index in [4.69, 9.17) is 11.6 Å². The Kier molecular flexibility index (Phi) is 9.24. The molecule has 0 bridgehead atoms. The molecule has 1 aliphatic heterocycles. The first-order valence-corrected chi connectivity index (χ1v) is 16.2. The summed E-state index contributed by atoms with van der Waals surface area (Å²) in [7, 11) is 0. The zero-order valence-corrected chi connectivity index (χ0v) is 26.7. The van der Waals surface area contributed by atoms with Crippen molar-refractivity contribution in [3.05, 3.63) is 136 Å². The molecular formula is C38H41ClN4O2. The Morgan fingerprint density at radius 3 is 2.20 bits per heavy atom. The molecule has 2 heterocycles. The maximum atomic E-state index is 14.5. The van der Waals surface area contributed by atoms with Crippen LogP contribution in [0.25, 0.3) is 6.08 Å². The lowest BCUT2D eigenvalue weighted by atomic mass is 9.90. The Balaban J connectivity index is 1.21. The van der Waals surface area contributed by atoms with Gasteiger partial charge < -0.3 is 14.8 Å². The lowest BCUT2D eigenvalue weighted by Gasteiger charge is -2.30. The summed E-state index contributed by atoms with van der Waals surface area (Å²) in [6, 6.07) is 32.6. The van der Waals surface area contributed by atoms with Crippen molar-refractivity contribution in [2.75, 3.05) is 19.6 Å². The monoisotopic (exact) mass is 620 g/mol. The highest BCUT2D eigenvalue weighted by Crippen LogP contribution is 2.48. The van der Waals surface area contributed by atoms with E-state index in [0.717, 1.165) is 24.9 Å². The second kappa shape index (κ2) is 13.5. The Hall–Kier alpha value is -4.13. The number of nitrogens with zero attached hydrogens (tertiary/aromatic N) is 2. The number of carbonyl (C=O) groups excluding carboxylic acids is 2. The second-order valence-corrected chi connectivity index (χ2v) is 12.9. The SMILES string of the molecule is Cc1ccc(C)n1CC1C[C@]12N[C@H](CNC(=O)/C=C/c1ccc(Cl)cc1)CCN(CC(c1ccccc1)c1ccccc1)C2=O. The van der Waals surface area contributed by atoms with Crippen LogP contribution >= 0.6 is 11.6 Å². The molecule has 3 atom stereocenters. The molecule has 232 valence electrons. The van der Waals surface area contributed by atoms with Gasteiger partial charge in [0.2, 0.25) is 11.8 Å². The first-order chi connectivity index (χ1) is 21.8. The van der Waals surface area contributed by atoms with Crippen molar-refractivity contribution in [1.82, 2.24) is 20.1 Å². The average molecular weight is 621 g/mol. The van der Waals surface area contributed by atoms with Crippen molar-refractivity contribution >= 4 is 29.5 Å². The number of hydrogen-bond donors (Lipinski definition) is 2. The van der Waals surface area contributed by atoms with Crippen LogP contribution in [0.4, 0.5) is 0 Å². The fraction of sp³-hybridized carbons (Fsp3) is 0.316. The van der Waals surface area contributed by atoms with Gasteiger partial charge in [-0.1, -0.05) is 84.4 Å². The maximum absolute atomic E-state index is 14.5. The third-order valence-corrected chi connectivity index (χ3v) is 9.68. The summed E-state index contributed by atoms with van der Waals surface area (Å²) in [6.45, 7) is 6.71. The van der Waals surface area contributed by atoms with Crippen molar-refractivity contribution in [1.29, 1.82) is 0 Å². The number of aryl methyl sites for hydroxylation is 2. The number of halogens is 1. The number of benzene rings is 3. The van der Waals surface area contributed by atoms with Crippen LogP contribution in [-0.4, -0.2) is 52.5 Å². The summed E-state index contributed by atoms with van der Waals surface area (Å²) in [4.78, 5) is 29.4. The molecule has 4 aromatic rings. The summed E-state index contributed by atoms with van der Waals surface area (Å²) >= 11 is 5.99. The molecular weight excluding hydrogens is 580 g/mol. The summed E-state index contributed by atoms with van der Waals surface area (Å²) in [5.41, 5.74) is 5.07. The van der Waals surface area contributed by atoms with E-state index in [1.807, 2.05) is 24.3 Å². The van der Waals surface area contributed by atoms with Gasteiger partial charge in [0.25, 0.3) is 0 Å². The van der Waals surface area contributed by atoms with Crippen LogP contribution in [0.3, 0.4) is 0 Å². The minimum Gasteiger partial charge on any atom is -0.351 e. The van der Waals surface area contributed by atoms with Crippen LogP contribution in [0, 0.1) is 19.8 Å². The minimum atomic E-state index is -0.647. The number of carbonyl (C=O) groups is 2. The standard InChI is InChI=1S/C38H41ClN4O2/c1-27-13-14-28(2)43(27)25-32-23-38(32)37(45)42(26-35(30-9-5-3-6-10-30)31-11-7-4-8-12-31)22-21-34(41-38)24-40-36(44)20-17-29-15-18-33(39)19-16-29/h3-20,32,34-35,41H,21-26H2,1-2H3,(H,40,44)/b20-17+/t32?,34-,38-/m0/s1. The van der Waals surface area contributed by atoms with E-state index in [9.17, 15) is 9.59 Å². The Bertz CT molecular complexity index is 1590. The molecule has 1 saturated heterocycles. The predicted molar refractivity (Wildman–Crippen MR) is 181 cm³/mol. The molecule has 7 heteroatoms. The lowest BCUT2D eigenvalue weighted by Crippen LogP contribution is -2.52. The molecule has 3 aromatic carbocycles. The summed E-state index contributed by atoms with van der Waals surface area (Å²) in [5, 5.41) is 7.52. The maximum Gasteiger partial charge on any atom is 0.244 e. The molecule has 1 spiro atoms. The number of rotatable bonds is 10. The van der Waals surface area contributed by atoms with Crippen molar-refractivity contribution in [3.63, 3.8) is 0 Å². The zero-order valence-electron chi connectivity index (χ0n) is 26.0. The Morgan fingerprint density at radius 1 is 0.956 bits per heavy atom. The number of nitrogens with one attached hydrogen (secondary N) is 2. The highest BCUT2D eigenvalue weighted by Gasteiger charge is 2.62. The van der Waals surface area contributed by atoms with Gasteiger partial charge in [0, 0.05) is 66.5 Å². The van der Waals surface area contributed by atoms with Gasteiger partial charge in [-0.05, 0) is 73.7 Å².